The topological polar surface area (TPSA) is 73.9 Å². The van der Waals surface area contributed by atoms with Gasteiger partial charge in [-0.1, -0.05) is 54.6 Å². The Hall–Kier alpha value is -2.99. The Bertz CT molecular complexity index is 988. The highest BCUT2D eigenvalue weighted by Gasteiger charge is 2.47. The largest absolute Gasteiger partial charge is 0.345 e. The number of aromatic nitrogens is 3. The predicted octanol–water partition coefficient (Wildman–Crippen LogP) is 3.00. The molecule has 0 radical (unpaired) electrons. The number of carbonyl (C=O) groups is 1. The maximum Gasteiger partial charge on any atom is 0.241 e. The minimum absolute atomic E-state index is 0.0317. The number of aryl methyl sites for hydroxylation is 1. The summed E-state index contributed by atoms with van der Waals surface area (Å²) in [5.74, 6) is 1.39. The average molecular weight is 404 g/mol. The van der Waals surface area contributed by atoms with Crippen LogP contribution in [-0.4, -0.2) is 45.1 Å². The Labute approximate surface area is 177 Å². The lowest BCUT2D eigenvalue weighted by atomic mass is 9.91. The summed E-state index contributed by atoms with van der Waals surface area (Å²) in [5.41, 5.74) is 3.17. The zero-order valence-corrected chi connectivity index (χ0v) is 17.9. The third kappa shape index (κ3) is 4.00. The Balaban J connectivity index is 1.55. The summed E-state index contributed by atoms with van der Waals surface area (Å²) in [4.78, 5) is 20.3. The van der Waals surface area contributed by atoms with Crippen molar-refractivity contribution < 1.29 is 4.79 Å². The van der Waals surface area contributed by atoms with Crippen molar-refractivity contribution >= 4 is 5.91 Å². The van der Waals surface area contributed by atoms with Crippen LogP contribution in [0.15, 0.2) is 54.6 Å². The SMILES string of the molecule is Cc1nc([C@H](C)NC(=O)C2(N(C)CCc3ccccc3)Cc3ccccc3C2)n[nH]1. The first kappa shape index (κ1) is 20.3. The first-order valence-corrected chi connectivity index (χ1v) is 10.5. The Morgan fingerprint density at radius 2 is 1.77 bits per heavy atom. The molecule has 0 saturated heterocycles. The van der Waals surface area contributed by atoms with Crippen LogP contribution in [-0.2, 0) is 24.1 Å². The van der Waals surface area contributed by atoms with Gasteiger partial charge in [0, 0.05) is 19.4 Å². The van der Waals surface area contributed by atoms with Crippen molar-refractivity contribution in [2.75, 3.05) is 13.6 Å². The molecular formula is C24H29N5O. The first-order chi connectivity index (χ1) is 14.5. The molecule has 1 heterocycles. The van der Waals surface area contributed by atoms with E-state index >= 15 is 0 Å². The molecule has 0 bridgehead atoms. The molecule has 1 aliphatic rings. The van der Waals surface area contributed by atoms with Gasteiger partial charge in [0.1, 0.15) is 11.4 Å². The van der Waals surface area contributed by atoms with E-state index in [1.807, 2.05) is 19.9 Å². The van der Waals surface area contributed by atoms with E-state index in [2.05, 4.69) is 81.0 Å². The standard InChI is InChI=1S/C24H29N5O/c1-17(22-26-18(2)27-28-22)25-23(30)24(15-20-11-7-8-12-21(20)16-24)29(3)14-13-19-9-5-4-6-10-19/h4-12,17H,13-16H2,1-3H3,(H,25,30)(H,26,27,28)/t17-/m0/s1. The number of benzene rings is 2. The lowest BCUT2D eigenvalue weighted by Crippen LogP contribution is -2.59. The molecule has 6 nitrogen and oxygen atoms in total. The minimum atomic E-state index is -0.613. The van der Waals surface area contributed by atoms with Crippen LogP contribution in [0.25, 0.3) is 0 Å². The third-order valence-corrected chi connectivity index (χ3v) is 6.17. The quantitative estimate of drug-likeness (QED) is 0.636. The van der Waals surface area contributed by atoms with Gasteiger partial charge in [-0.3, -0.25) is 14.8 Å². The van der Waals surface area contributed by atoms with Crippen molar-refractivity contribution in [1.29, 1.82) is 0 Å². The van der Waals surface area contributed by atoms with Crippen molar-refractivity contribution in [2.24, 2.45) is 0 Å². The van der Waals surface area contributed by atoms with E-state index in [9.17, 15) is 4.79 Å². The van der Waals surface area contributed by atoms with Gasteiger partial charge in [0.2, 0.25) is 5.91 Å². The first-order valence-electron chi connectivity index (χ1n) is 10.5. The summed E-state index contributed by atoms with van der Waals surface area (Å²) in [6.07, 6.45) is 2.32. The smallest absolute Gasteiger partial charge is 0.241 e. The summed E-state index contributed by atoms with van der Waals surface area (Å²) < 4.78 is 0. The van der Waals surface area contributed by atoms with Crippen LogP contribution >= 0.6 is 0 Å². The summed E-state index contributed by atoms with van der Waals surface area (Å²) in [6, 6.07) is 18.5. The number of aromatic amines is 1. The average Bonchev–Trinajstić information content (AvgIpc) is 3.37. The van der Waals surface area contributed by atoms with Crippen LogP contribution < -0.4 is 5.32 Å². The molecule has 0 spiro atoms. The molecule has 1 amide bonds. The number of rotatable bonds is 7. The molecule has 2 aromatic carbocycles. The number of nitrogens with one attached hydrogen (secondary N) is 2. The summed E-state index contributed by atoms with van der Waals surface area (Å²) >= 11 is 0. The normalized spacial score (nSPS) is 15.7. The molecule has 30 heavy (non-hydrogen) atoms. The molecule has 0 saturated carbocycles. The lowest BCUT2D eigenvalue weighted by molar-refractivity contribution is -0.133. The van der Waals surface area contributed by atoms with Crippen molar-refractivity contribution in [1.82, 2.24) is 25.4 Å². The number of H-pyrrole nitrogens is 1. The van der Waals surface area contributed by atoms with Crippen LogP contribution in [0.5, 0.6) is 0 Å². The van der Waals surface area contributed by atoms with Crippen molar-refractivity contribution in [3.05, 3.63) is 82.9 Å². The van der Waals surface area contributed by atoms with Crippen molar-refractivity contribution in [2.45, 2.75) is 44.7 Å². The molecule has 156 valence electrons. The molecule has 1 atom stereocenters. The summed E-state index contributed by atoms with van der Waals surface area (Å²) in [6.45, 7) is 4.59. The fraction of sp³-hybridized carbons (Fsp3) is 0.375. The van der Waals surface area contributed by atoms with Gasteiger partial charge in [0.15, 0.2) is 5.82 Å². The number of fused-ring (bicyclic) bond motifs is 1. The van der Waals surface area contributed by atoms with E-state index < -0.39 is 5.54 Å². The van der Waals surface area contributed by atoms with Crippen LogP contribution in [0.3, 0.4) is 0 Å². The second kappa shape index (κ2) is 8.40. The lowest BCUT2D eigenvalue weighted by Gasteiger charge is -2.38. The maximum absolute atomic E-state index is 13.7. The van der Waals surface area contributed by atoms with Crippen molar-refractivity contribution in [3.63, 3.8) is 0 Å². The van der Waals surface area contributed by atoms with Crippen LogP contribution in [0.1, 0.15) is 41.3 Å². The molecule has 2 N–H and O–H groups in total. The van der Waals surface area contributed by atoms with E-state index in [0.29, 0.717) is 18.7 Å². The van der Waals surface area contributed by atoms with Crippen LogP contribution in [0.4, 0.5) is 0 Å². The molecule has 0 fully saturated rings. The second-order valence-corrected chi connectivity index (χ2v) is 8.29. The van der Waals surface area contributed by atoms with Gasteiger partial charge in [0.25, 0.3) is 0 Å². The number of amides is 1. The molecule has 1 aliphatic carbocycles. The van der Waals surface area contributed by atoms with E-state index in [0.717, 1.165) is 18.8 Å². The highest BCUT2D eigenvalue weighted by Crippen LogP contribution is 2.35. The predicted molar refractivity (Wildman–Crippen MR) is 117 cm³/mol. The van der Waals surface area contributed by atoms with E-state index in [1.165, 1.54) is 16.7 Å². The monoisotopic (exact) mass is 403 g/mol. The Morgan fingerprint density at radius 1 is 1.13 bits per heavy atom. The second-order valence-electron chi connectivity index (χ2n) is 8.29. The zero-order valence-electron chi connectivity index (χ0n) is 17.9. The summed E-state index contributed by atoms with van der Waals surface area (Å²) in [5, 5.41) is 10.2. The molecule has 0 aliphatic heterocycles. The molecule has 6 heteroatoms. The maximum atomic E-state index is 13.7. The van der Waals surface area contributed by atoms with Gasteiger partial charge in [-0.25, -0.2) is 4.98 Å². The van der Waals surface area contributed by atoms with Crippen LogP contribution in [0.2, 0.25) is 0 Å². The number of carbonyl (C=O) groups excluding carboxylic acids is 1. The Morgan fingerprint density at radius 3 is 2.37 bits per heavy atom. The molecule has 4 rings (SSSR count). The van der Waals surface area contributed by atoms with Crippen LogP contribution in [0, 0.1) is 6.92 Å². The minimum Gasteiger partial charge on any atom is -0.345 e. The highest BCUT2D eigenvalue weighted by molar-refractivity contribution is 5.88. The van der Waals surface area contributed by atoms with Gasteiger partial charge >= 0.3 is 0 Å². The van der Waals surface area contributed by atoms with E-state index in [1.54, 1.807) is 0 Å². The molecule has 3 aromatic rings. The van der Waals surface area contributed by atoms with Gasteiger partial charge in [-0.15, -0.1) is 0 Å². The number of hydrogen-bond acceptors (Lipinski definition) is 4. The van der Waals surface area contributed by atoms with Gasteiger partial charge in [0.05, 0.1) is 6.04 Å². The zero-order chi connectivity index (χ0) is 21.1. The number of hydrogen-bond donors (Lipinski definition) is 2. The van der Waals surface area contributed by atoms with Gasteiger partial charge < -0.3 is 5.32 Å². The number of likely N-dealkylation sites (N-methyl/N-ethyl adjacent to an activating group) is 1. The molecule has 1 aromatic heterocycles. The number of nitrogens with zero attached hydrogens (tertiary/aromatic N) is 3. The fourth-order valence-corrected chi connectivity index (χ4v) is 4.30. The highest BCUT2D eigenvalue weighted by atomic mass is 16.2. The molecule has 0 unspecified atom stereocenters. The van der Waals surface area contributed by atoms with Gasteiger partial charge in [-0.05, 0) is 44.0 Å². The fourth-order valence-electron chi connectivity index (χ4n) is 4.30. The van der Waals surface area contributed by atoms with Crippen molar-refractivity contribution in [3.8, 4) is 0 Å². The summed E-state index contributed by atoms with van der Waals surface area (Å²) in [7, 11) is 2.07. The van der Waals surface area contributed by atoms with E-state index in [-0.39, 0.29) is 11.9 Å². The van der Waals surface area contributed by atoms with Gasteiger partial charge in [-0.2, -0.15) is 5.10 Å². The molecular weight excluding hydrogens is 374 g/mol. The van der Waals surface area contributed by atoms with E-state index in [4.69, 9.17) is 0 Å². The third-order valence-electron chi connectivity index (χ3n) is 6.17. The Kier molecular flexibility index (Phi) is 5.68.